The Hall–Kier alpha value is -2.40. The molecule has 0 saturated heterocycles. The summed E-state index contributed by atoms with van der Waals surface area (Å²) in [5.74, 6) is 0.931. The molecule has 0 bridgehead atoms. The van der Waals surface area contributed by atoms with Gasteiger partial charge in [0.1, 0.15) is 5.82 Å². The summed E-state index contributed by atoms with van der Waals surface area (Å²) in [7, 11) is 0. The monoisotopic (exact) mass is 379 g/mol. The van der Waals surface area contributed by atoms with Crippen LogP contribution in [0, 0.1) is 34.6 Å². The molecule has 1 unspecified atom stereocenters. The van der Waals surface area contributed by atoms with Gasteiger partial charge in [-0.2, -0.15) is 0 Å². The Balaban J connectivity index is 1.89. The fraction of sp³-hybridized carbons (Fsp3) is 0.318. The lowest BCUT2D eigenvalue weighted by molar-refractivity contribution is 0.0993. The van der Waals surface area contributed by atoms with Gasteiger partial charge in [0.15, 0.2) is 10.9 Å². The quantitative estimate of drug-likeness (QED) is 0.453. The number of rotatable bonds is 5. The van der Waals surface area contributed by atoms with Crippen LogP contribution in [0.25, 0.3) is 5.69 Å². The first-order chi connectivity index (χ1) is 12.8. The number of benzene rings is 2. The predicted octanol–water partition coefficient (Wildman–Crippen LogP) is 5.17. The average Bonchev–Trinajstić information content (AvgIpc) is 2.98. The zero-order chi connectivity index (χ0) is 19.7. The van der Waals surface area contributed by atoms with Crippen LogP contribution in [-0.4, -0.2) is 25.8 Å². The third kappa shape index (κ3) is 3.98. The molecule has 3 rings (SSSR count). The molecule has 0 N–H and O–H groups in total. The summed E-state index contributed by atoms with van der Waals surface area (Å²) in [6, 6.07) is 12.3. The molecule has 5 heteroatoms. The van der Waals surface area contributed by atoms with Gasteiger partial charge in [0.25, 0.3) is 0 Å². The molecule has 1 aromatic heterocycles. The van der Waals surface area contributed by atoms with Crippen molar-refractivity contribution < 1.29 is 4.79 Å². The molecule has 140 valence electrons. The first-order valence-corrected chi connectivity index (χ1v) is 9.93. The topological polar surface area (TPSA) is 47.8 Å². The number of hydrogen-bond donors (Lipinski definition) is 0. The summed E-state index contributed by atoms with van der Waals surface area (Å²) in [5.41, 5.74) is 6.36. The molecule has 1 atom stereocenters. The Morgan fingerprint density at radius 3 is 2.22 bits per heavy atom. The van der Waals surface area contributed by atoms with Gasteiger partial charge >= 0.3 is 0 Å². The van der Waals surface area contributed by atoms with Crippen LogP contribution in [-0.2, 0) is 0 Å². The van der Waals surface area contributed by atoms with E-state index in [0.717, 1.165) is 33.4 Å². The molecular weight excluding hydrogens is 354 g/mol. The van der Waals surface area contributed by atoms with E-state index < -0.39 is 0 Å². The number of carbonyl (C=O) groups excluding carboxylic acids is 1. The number of carbonyl (C=O) groups is 1. The van der Waals surface area contributed by atoms with Crippen molar-refractivity contribution in [3.63, 3.8) is 0 Å². The molecule has 1 heterocycles. The normalized spacial score (nSPS) is 12.2. The number of Topliss-reactive ketones (excluding diaryl/α,β-unsaturated/α-hetero) is 1. The minimum absolute atomic E-state index is 0.122. The molecular formula is C22H25N3OS. The first kappa shape index (κ1) is 19.4. The second-order valence-electron chi connectivity index (χ2n) is 7.08. The van der Waals surface area contributed by atoms with E-state index in [-0.39, 0.29) is 11.0 Å². The van der Waals surface area contributed by atoms with Gasteiger partial charge in [-0.1, -0.05) is 35.5 Å². The van der Waals surface area contributed by atoms with E-state index in [1.54, 1.807) is 0 Å². The maximum atomic E-state index is 13.1. The van der Waals surface area contributed by atoms with Crippen molar-refractivity contribution >= 4 is 17.5 Å². The predicted molar refractivity (Wildman–Crippen MR) is 111 cm³/mol. The lowest BCUT2D eigenvalue weighted by Crippen LogP contribution is -2.16. The summed E-state index contributed by atoms with van der Waals surface area (Å²) < 4.78 is 2.00. The zero-order valence-electron chi connectivity index (χ0n) is 16.7. The van der Waals surface area contributed by atoms with Crippen LogP contribution in [0.4, 0.5) is 0 Å². The maximum Gasteiger partial charge on any atom is 0.196 e. The minimum Gasteiger partial charge on any atom is -0.293 e. The number of aromatic nitrogens is 3. The van der Waals surface area contributed by atoms with Crippen LogP contribution < -0.4 is 0 Å². The third-order valence-electron chi connectivity index (χ3n) is 4.84. The molecule has 27 heavy (non-hydrogen) atoms. The molecule has 0 aliphatic carbocycles. The van der Waals surface area contributed by atoms with Gasteiger partial charge in [-0.3, -0.25) is 9.36 Å². The lowest BCUT2D eigenvalue weighted by Gasteiger charge is -2.15. The third-order valence-corrected chi connectivity index (χ3v) is 5.89. The Bertz CT molecular complexity index is 990. The molecule has 0 radical (unpaired) electrons. The highest BCUT2D eigenvalue weighted by atomic mass is 32.2. The smallest absolute Gasteiger partial charge is 0.196 e. The highest BCUT2D eigenvalue weighted by Crippen LogP contribution is 2.29. The van der Waals surface area contributed by atoms with E-state index in [1.807, 2.05) is 38.3 Å². The summed E-state index contributed by atoms with van der Waals surface area (Å²) >= 11 is 1.45. The van der Waals surface area contributed by atoms with Crippen molar-refractivity contribution in [2.24, 2.45) is 0 Å². The Kier molecular flexibility index (Phi) is 5.51. The summed E-state index contributed by atoms with van der Waals surface area (Å²) in [6.07, 6.45) is 0. The number of thioether (sulfide) groups is 1. The standard InChI is InChI=1S/C22H25N3OS/c1-13-7-9-19(10-8-13)25-18(6)23-24-22(25)27-17(5)21(26)20-12-15(3)14(2)11-16(20)4/h7-12,17H,1-6H3. The molecule has 0 spiro atoms. The van der Waals surface area contributed by atoms with Crippen molar-refractivity contribution in [3.8, 4) is 5.69 Å². The lowest BCUT2D eigenvalue weighted by atomic mass is 9.97. The molecule has 0 saturated carbocycles. The van der Waals surface area contributed by atoms with Crippen LogP contribution in [0.5, 0.6) is 0 Å². The van der Waals surface area contributed by atoms with Gasteiger partial charge in [0.05, 0.1) is 5.25 Å². The second kappa shape index (κ2) is 7.69. The van der Waals surface area contributed by atoms with Gasteiger partial charge in [0, 0.05) is 11.3 Å². The zero-order valence-corrected chi connectivity index (χ0v) is 17.5. The van der Waals surface area contributed by atoms with Crippen molar-refractivity contribution in [3.05, 3.63) is 70.0 Å². The Morgan fingerprint density at radius 1 is 0.926 bits per heavy atom. The van der Waals surface area contributed by atoms with Crippen LogP contribution in [0.15, 0.2) is 41.6 Å². The van der Waals surface area contributed by atoms with E-state index in [2.05, 4.69) is 54.4 Å². The largest absolute Gasteiger partial charge is 0.293 e. The summed E-state index contributed by atoms with van der Waals surface area (Å²) in [6.45, 7) is 12.0. The van der Waals surface area contributed by atoms with Crippen LogP contribution in [0.2, 0.25) is 0 Å². The van der Waals surface area contributed by atoms with E-state index in [0.29, 0.717) is 0 Å². The molecule has 3 aromatic rings. The molecule has 0 fully saturated rings. The Morgan fingerprint density at radius 2 is 1.56 bits per heavy atom. The molecule has 0 amide bonds. The fourth-order valence-electron chi connectivity index (χ4n) is 3.07. The van der Waals surface area contributed by atoms with Gasteiger partial charge in [0.2, 0.25) is 0 Å². The van der Waals surface area contributed by atoms with E-state index >= 15 is 0 Å². The highest BCUT2D eigenvalue weighted by Gasteiger charge is 2.22. The number of hydrogen-bond acceptors (Lipinski definition) is 4. The maximum absolute atomic E-state index is 13.1. The number of aryl methyl sites for hydroxylation is 5. The van der Waals surface area contributed by atoms with Crippen LogP contribution in [0.1, 0.15) is 45.4 Å². The van der Waals surface area contributed by atoms with Crippen LogP contribution >= 0.6 is 11.8 Å². The fourth-order valence-corrected chi connectivity index (χ4v) is 4.05. The number of ketones is 1. The van der Waals surface area contributed by atoms with Gasteiger partial charge in [-0.05, 0) is 76.4 Å². The molecule has 4 nitrogen and oxygen atoms in total. The minimum atomic E-state index is -0.251. The first-order valence-electron chi connectivity index (χ1n) is 9.05. The van der Waals surface area contributed by atoms with E-state index in [9.17, 15) is 4.79 Å². The van der Waals surface area contributed by atoms with E-state index in [4.69, 9.17) is 0 Å². The van der Waals surface area contributed by atoms with E-state index in [1.165, 1.54) is 22.9 Å². The van der Waals surface area contributed by atoms with Crippen molar-refractivity contribution in [1.29, 1.82) is 0 Å². The summed E-state index contributed by atoms with van der Waals surface area (Å²) in [4.78, 5) is 13.1. The van der Waals surface area contributed by atoms with Gasteiger partial charge < -0.3 is 0 Å². The molecule has 2 aromatic carbocycles. The SMILES string of the molecule is Cc1ccc(-n2c(C)nnc2SC(C)C(=O)c2cc(C)c(C)cc2C)cc1. The molecule has 0 aliphatic rings. The Labute approximate surface area is 165 Å². The van der Waals surface area contributed by atoms with Crippen LogP contribution in [0.3, 0.4) is 0 Å². The number of nitrogens with zero attached hydrogens (tertiary/aromatic N) is 3. The van der Waals surface area contributed by atoms with Gasteiger partial charge in [-0.15, -0.1) is 10.2 Å². The van der Waals surface area contributed by atoms with Crippen molar-refractivity contribution in [2.45, 2.75) is 51.9 Å². The summed E-state index contributed by atoms with van der Waals surface area (Å²) in [5, 5.41) is 9.02. The second-order valence-corrected chi connectivity index (χ2v) is 8.38. The van der Waals surface area contributed by atoms with Crippen molar-refractivity contribution in [1.82, 2.24) is 14.8 Å². The molecule has 0 aliphatic heterocycles. The van der Waals surface area contributed by atoms with Crippen molar-refractivity contribution in [2.75, 3.05) is 0 Å². The average molecular weight is 380 g/mol. The highest BCUT2D eigenvalue weighted by molar-refractivity contribution is 8.00. The van der Waals surface area contributed by atoms with Gasteiger partial charge in [-0.25, -0.2) is 0 Å².